The standard InChI is InChI=1S/C19H22N4O4S2/c1-22(29(25,26)27)16-9-14(10-17(16)24)23-8-7-15-18(23)20-12-21-19(15)28-11-13-5-3-2-4-6-13/h2-8,12,14,16-17,24H,9-11H2,1H3,(H,25,26,27)/t14-,16+,17+/m1/s1. The van der Waals surface area contributed by atoms with E-state index in [-0.39, 0.29) is 6.04 Å². The van der Waals surface area contributed by atoms with Crippen molar-refractivity contribution in [1.82, 2.24) is 18.8 Å². The van der Waals surface area contributed by atoms with E-state index < -0.39 is 22.4 Å². The van der Waals surface area contributed by atoms with Gasteiger partial charge in [0, 0.05) is 25.0 Å². The molecule has 2 heterocycles. The van der Waals surface area contributed by atoms with E-state index in [0.717, 1.165) is 26.1 Å². The maximum Gasteiger partial charge on any atom is 0.335 e. The molecule has 0 unspecified atom stereocenters. The van der Waals surface area contributed by atoms with E-state index in [1.54, 1.807) is 11.8 Å². The first kappa shape index (κ1) is 20.3. The van der Waals surface area contributed by atoms with Crippen molar-refractivity contribution in [2.75, 3.05) is 7.05 Å². The number of aliphatic hydroxyl groups excluding tert-OH is 1. The smallest absolute Gasteiger partial charge is 0.335 e. The Labute approximate surface area is 173 Å². The highest BCUT2D eigenvalue weighted by molar-refractivity contribution is 7.98. The van der Waals surface area contributed by atoms with Crippen LogP contribution in [0.5, 0.6) is 0 Å². The molecule has 0 radical (unpaired) electrons. The zero-order valence-electron chi connectivity index (χ0n) is 15.8. The Kier molecular flexibility index (Phi) is 5.63. The Hall–Kier alpha value is -1.98. The second-order valence-electron chi connectivity index (χ2n) is 7.17. The molecule has 1 aromatic carbocycles. The molecule has 0 saturated heterocycles. The molecule has 0 spiro atoms. The van der Waals surface area contributed by atoms with Crippen molar-refractivity contribution in [2.24, 2.45) is 0 Å². The molecule has 3 aromatic rings. The van der Waals surface area contributed by atoms with Gasteiger partial charge >= 0.3 is 10.3 Å². The van der Waals surface area contributed by atoms with Gasteiger partial charge in [-0.25, -0.2) is 9.97 Å². The molecule has 1 fully saturated rings. The number of aliphatic hydroxyl groups is 1. The van der Waals surface area contributed by atoms with Gasteiger partial charge in [-0.3, -0.25) is 4.55 Å². The summed E-state index contributed by atoms with van der Waals surface area (Å²) in [6.45, 7) is 0. The largest absolute Gasteiger partial charge is 0.391 e. The summed E-state index contributed by atoms with van der Waals surface area (Å²) in [6, 6.07) is 11.3. The molecule has 2 aromatic heterocycles. The van der Waals surface area contributed by atoms with Crippen LogP contribution in [0.4, 0.5) is 0 Å². The fourth-order valence-electron chi connectivity index (χ4n) is 3.84. The molecule has 4 rings (SSSR count). The van der Waals surface area contributed by atoms with E-state index in [2.05, 4.69) is 22.1 Å². The lowest BCUT2D eigenvalue weighted by molar-refractivity contribution is 0.117. The number of fused-ring (bicyclic) bond motifs is 1. The van der Waals surface area contributed by atoms with Crippen molar-refractivity contribution in [3.63, 3.8) is 0 Å². The minimum absolute atomic E-state index is 0.126. The summed E-state index contributed by atoms with van der Waals surface area (Å²) in [4.78, 5) is 8.84. The minimum atomic E-state index is -4.36. The number of rotatable bonds is 6. The zero-order chi connectivity index (χ0) is 20.6. The molecule has 2 N–H and O–H groups in total. The molecule has 8 nitrogen and oxygen atoms in total. The molecule has 0 aliphatic heterocycles. The quantitative estimate of drug-likeness (QED) is 0.349. The summed E-state index contributed by atoms with van der Waals surface area (Å²) in [5, 5.41) is 12.2. The number of likely N-dealkylation sites (N-methyl/N-ethyl adjacent to an activating group) is 1. The van der Waals surface area contributed by atoms with Gasteiger partial charge < -0.3 is 9.67 Å². The topological polar surface area (TPSA) is 109 Å². The molecule has 29 heavy (non-hydrogen) atoms. The summed E-state index contributed by atoms with van der Waals surface area (Å²) in [7, 11) is -3.08. The van der Waals surface area contributed by atoms with Crippen LogP contribution in [0.15, 0.2) is 53.9 Å². The van der Waals surface area contributed by atoms with Crippen LogP contribution >= 0.6 is 11.8 Å². The second-order valence-corrected chi connectivity index (χ2v) is 9.60. The Morgan fingerprint density at radius 1 is 1.21 bits per heavy atom. The number of nitrogens with zero attached hydrogens (tertiary/aromatic N) is 4. The van der Waals surface area contributed by atoms with E-state index in [0.29, 0.717) is 12.8 Å². The number of hydrogen-bond donors (Lipinski definition) is 2. The summed E-state index contributed by atoms with van der Waals surface area (Å²) in [5.74, 6) is 0.793. The van der Waals surface area contributed by atoms with Crippen LogP contribution in [-0.4, -0.2) is 56.1 Å². The van der Waals surface area contributed by atoms with Crippen LogP contribution < -0.4 is 0 Å². The Bertz CT molecular complexity index is 1100. The van der Waals surface area contributed by atoms with Gasteiger partial charge in [0.05, 0.1) is 17.5 Å². The third kappa shape index (κ3) is 4.17. The second kappa shape index (κ2) is 8.04. The molecular formula is C19H22N4O4S2. The van der Waals surface area contributed by atoms with Crippen LogP contribution in [0.1, 0.15) is 24.4 Å². The van der Waals surface area contributed by atoms with Gasteiger partial charge in [-0.15, -0.1) is 11.8 Å². The lowest BCUT2D eigenvalue weighted by Crippen LogP contribution is -2.41. The van der Waals surface area contributed by atoms with Crippen molar-refractivity contribution in [1.29, 1.82) is 0 Å². The van der Waals surface area contributed by atoms with Crippen LogP contribution in [0.25, 0.3) is 11.0 Å². The average molecular weight is 435 g/mol. The van der Waals surface area contributed by atoms with Crippen LogP contribution in [0.3, 0.4) is 0 Å². The minimum Gasteiger partial charge on any atom is -0.391 e. The Morgan fingerprint density at radius 3 is 2.69 bits per heavy atom. The normalized spacial score (nSPS) is 22.6. The van der Waals surface area contributed by atoms with Gasteiger partial charge in [0.25, 0.3) is 0 Å². The predicted molar refractivity (Wildman–Crippen MR) is 111 cm³/mol. The van der Waals surface area contributed by atoms with Crippen LogP contribution in [-0.2, 0) is 16.1 Å². The van der Waals surface area contributed by atoms with E-state index in [4.69, 9.17) is 0 Å². The van der Waals surface area contributed by atoms with Crippen LogP contribution in [0.2, 0.25) is 0 Å². The highest BCUT2D eigenvalue weighted by Crippen LogP contribution is 2.37. The third-order valence-electron chi connectivity index (χ3n) is 5.39. The first-order chi connectivity index (χ1) is 13.8. The van der Waals surface area contributed by atoms with E-state index in [1.807, 2.05) is 35.0 Å². The lowest BCUT2D eigenvalue weighted by atomic mass is 10.2. The van der Waals surface area contributed by atoms with Crippen molar-refractivity contribution < 1.29 is 18.1 Å². The van der Waals surface area contributed by atoms with Gasteiger partial charge in [-0.1, -0.05) is 30.3 Å². The van der Waals surface area contributed by atoms with E-state index in [1.165, 1.54) is 18.9 Å². The van der Waals surface area contributed by atoms with Crippen molar-refractivity contribution in [2.45, 2.75) is 41.8 Å². The predicted octanol–water partition coefficient (Wildman–Crippen LogP) is 2.52. The Morgan fingerprint density at radius 2 is 1.97 bits per heavy atom. The third-order valence-corrected chi connectivity index (χ3v) is 7.46. The maximum atomic E-state index is 11.4. The maximum absolute atomic E-state index is 11.4. The van der Waals surface area contributed by atoms with Gasteiger partial charge in [-0.2, -0.15) is 12.7 Å². The average Bonchev–Trinajstić information content (AvgIpc) is 3.29. The summed E-state index contributed by atoms with van der Waals surface area (Å²) >= 11 is 1.63. The zero-order valence-corrected chi connectivity index (χ0v) is 17.4. The van der Waals surface area contributed by atoms with Crippen molar-refractivity contribution >= 4 is 33.1 Å². The monoisotopic (exact) mass is 434 g/mol. The summed E-state index contributed by atoms with van der Waals surface area (Å²) < 4.78 is 35.0. The number of thioether (sulfide) groups is 1. The first-order valence-corrected chi connectivity index (χ1v) is 11.6. The molecule has 154 valence electrons. The van der Waals surface area contributed by atoms with Gasteiger partial charge in [0.1, 0.15) is 17.0 Å². The number of benzene rings is 1. The molecule has 3 atom stereocenters. The van der Waals surface area contributed by atoms with Crippen molar-refractivity contribution in [3.05, 3.63) is 54.5 Å². The number of aromatic nitrogens is 3. The number of hydrogen-bond acceptors (Lipinski definition) is 6. The summed E-state index contributed by atoms with van der Waals surface area (Å²) in [6.07, 6.45) is 3.33. The SMILES string of the molecule is CN([C@H]1C[C@@H](n2ccc3c(SCc4ccccc4)ncnc32)C[C@@H]1O)S(=O)(=O)O. The molecule has 1 aliphatic rings. The van der Waals surface area contributed by atoms with Crippen molar-refractivity contribution in [3.8, 4) is 0 Å². The lowest BCUT2D eigenvalue weighted by Gasteiger charge is -2.23. The van der Waals surface area contributed by atoms with Gasteiger partial charge in [0.15, 0.2) is 0 Å². The molecule has 0 bridgehead atoms. The van der Waals surface area contributed by atoms with Gasteiger partial charge in [-0.05, 0) is 24.5 Å². The highest BCUT2D eigenvalue weighted by Gasteiger charge is 2.40. The molecule has 10 heteroatoms. The molecular weight excluding hydrogens is 412 g/mol. The molecule has 1 aliphatic carbocycles. The van der Waals surface area contributed by atoms with E-state index in [9.17, 15) is 18.1 Å². The van der Waals surface area contributed by atoms with E-state index >= 15 is 0 Å². The Balaban J connectivity index is 1.57. The summed E-state index contributed by atoms with van der Waals surface area (Å²) in [5.41, 5.74) is 1.96. The highest BCUT2D eigenvalue weighted by atomic mass is 32.2. The fourth-order valence-corrected chi connectivity index (χ4v) is 5.34. The molecule has 1 saturated carbocycles. The fraction of sp³-hybridized carbons (Fsp3) is 0.368. The first-order valence-electron chi connectivity index (χ1n) is 9.21. The van der Waals surface area contributed by atoms with Gasteiger partial charge in [0.2, 0.25) is 0 Å². The van der Waals surface area contributed by atoms with Crippen LogP contribution in [0, 0.1) is 0 Å². The molecule has 0 amide bonds.